The number of likely N-dealkylation sites (N-methyl/N-ethyl adjacent to an activating group) is 1. The topological polar surface area (TPSA) is 38.3 Å². The second kappa shape index (κ2) is 6.14. The lowest BCUT2D eigenvalue weighted by Crippen LogP contribution is -3.00. The number of hydroxylamine groups is 1. The lowest BCUT2D eigenvalue weighted by molar-refractivity contribution is -0.870. The van der Waals surface area contributed by atoms with Crippen molar-refractivity contribution in [3.63, 3.8) is 0 Å². The lowest BCUT2D eigenvalue weighted by Gasteiger charge is -2.23. The predicted octanol–water partition coefficient (Wildman–Crippen LogP) is -2.69. The number of quaternary nitrogens is 1. The van der Waals surface area contributed by atoms with Crippen molar-refractivity contribution in [1.29, 1.82) is 0 Å². The van der Waals surface area contributed by atoms with E-state index in [4.69, 9.17) is 0 Å². The third-order valence-corrected chi connectivity index (χ3v) is 1.29. The number of alkyl halides is 3. The van der Waals surface area contributed by atoms with Crippen LogP contribution in [0, 0.1) is 0 Å². The number of amides is 1. The van der Waals surface area contributed by atoms with Crippen molar-refractivity contribution in [1.82, 2.24) is 5.48 Å². The number of hydrogen-bond donors (Lipinski definition) is 1. The van der Waals surface area contributed by atoms with E-state index < -0.39 is 12.1 Å². The third-order valence-electron chi connectivity index (χ3n) is 1.29. The highest BCUT2D eigenvalue weighted by Gasteiger charge is 2.39. The fraction of sp³-hybridized carbons (Fsp3) is 0.857. The summed E-state index contributed by atoms with van der Waals surface area (Å²) in [7, 11) is 5.57. The molecule has 1 N–H and O–H groups in total. The van der Waals surface area contributed by atoms with Crippen LogP contribution in [0.5, 0.6) is 0 Å². The summed E-state index contributed by atoms with van der Waals surface area (Å²) in [5.41, 5.74) is 1.32. The van der Waals surface area contributed by atoms with Gasteiger partial charge in [0.25, 0.3) is 0 Å². The Morgan fingerprint density at radius 3 is 2.13 bits per heavy atom. The largest absolute Gasteiger partial charge is 1.00 e. The van der Waals surface area contributed by atoms with Gasteiger partial charge in [-0.25, -0.2) is 5.48 Å². The van der Waals surface area contributed by atoms with Crippen molar-refractivity contribution in [2.45, 2.75) is 6.18 Å². The van der Waals surface area contributed by atoms with Crippen molar-refractivity contribution in [2.24, 2.45) is 0 Å². The Bertz CT molecular complexity index is 203. The molecule has 0 aromatic heterocycles. The van der Waals surface area contributed by atoms with Crippen LogP contribution in [0.4, 0.5) is 13.2 Å². The summed E-state index contributed by atoms with van der Waals surface area (Å²) < 4.78 is 35.4. The molecule has 0 spiro atoms. The fourth-order valence-corrected chi connectivity index (χ4v) is 0.494. The molecule has 8 heteroatoms. The Kier molecular flexibility index (Phi) is 6.91. The minimum atomic E-state index is -4.89. The van der Waals surface area contributed by atoms with Crippen LogP contribution in [0.3, 0.4) is 0 Å². The molecule has 0 aliphatic rings. The molecule has 0 aromatic rings. The van der Waals surface area contributed by atoms with Gasteiger partial charge in [-0.1, -0.05) is 0 Å². The van der Waals surface area contributed by atoms with Crippen LogP contribution < -0.4 is 17.9 Å². The maximum Gasteiger partial charge on any atom is 0.473 e. The number of nitrogens with zero attached hydrogens (tertiary/aromatic N) is 1. The number of carbonyl (C=O) groups is 1. The van der Waals surface area contributed by atoms with Crippen LogP contribution >= 0.6 is 0 Å². The van der Waals surface area contributed by atoms with E-state index in [-0.39, 0.29) is 19.0 Å². The van der Waals surface area contributed by atoms with Crippen LogP contribution in [0.15, 0.2) is 0 Å². The summed E-state index contributed by atoms with van der Waals surface area (Å²) in [5.74, 6) is -2.08. The number of halogens is 4. The van der Waals surface area contributed by atoms with E-state index in [1.807, 2.05) is 21.1 Å². The maximum absolute atomic E-state index is 11.6. The molecule has 0 aliphatic carbocycles. The molecule has 92 valence electrons. The van der Waals surface area contributed by atoms with Gasteiger partial charge in [0, 0.05) is 0 Å². The summed E-state index contributed by atoms with van der Waals surface area (Å²) in [6.07, 6.45) is -4.89. The van der Waals surface area contributed by atoms with Gasteiger partial charge in [0.05, 0.1) is 21.1 Å². The van der Waals surface area contributed by atoms with Crippen LogP contribution in [0.2, 0.25) is 0 Å². The number of rotatable bonds is 4. The Balaban J connectivity index is 0. The van der Waals surface area contributed by atoms with E-state index in [0.29, 0.717) is 11.0 Å². The Labute approximate surface area is 92.3 Å². The zero-order valence-electron chi connectivity index (χ0n) is 8.69. The molecule has 0 saturated heterocycles. The second-order valence-electron chi connectivity index (χ2n) is 3.79. The molecular weight excluding hydrogens is 237 g/mol. The minimum absolute atomic E-state index is 0. The summed E-state index contributed by atoms with van der Waals surface area (Å²) >= 11 is 0. The average molecular weight is 251 g/mol. The Hall–Kier alpha value is -0.530. The van der Waals surface area contributed by atoms with Gasteiger partial charge in [-0.15, -0.1) is 0 Å². The van der Waals surface area contributed by atoms with E-state index in [0.717, 1.165) is 0 Å². The quantitative estimate of drug-likeness (QED) is 0.335. The van der Waals surface area contributed by atoms with Crippen LogP contribution in [0.25, 0.3) is 0 Å². The summed E-state index contributed by atoms with van der Waals surface area (Å²) in [5, 5.41) is 0. The standard InChI is InChI=1S/C7H13F3N2O2.ClH/c1-12(2,3)4-5-14-11-6(13)7(8,9)10;/h4-5H2,1-3H3;1H. The third kappa shape index (κ3) is 9.77. The van der Waals surface area contributed by atoms with Crippen LogP contribution in [-0.2, 0) is 9.63 Å². The van der Waals surface area contributed by atoms with Gasteiger partial charge in [-0.2, -0.15) is 13.2 Å². The molecule has 0 bridgehead atoms. The van der Waals surface area contributed by atoms with Gasteiger partial charge in [-0.05, 0) is 0 Å². The van der Waals surface area contributed by atoms with Crippen molar-refractivity contribution in [3.05, 3.63) is 0 Å². The van der Waals surface area contributed by atoms with Gasteiger partial charge >= 0.3 is 12.1 Å². The summed E-state index contributed by atoms with van der Waals surface area (Å²) in [6.45, 7) is 0.531. The number of hydrogen-bond acceptors (Lipinski definition) is 2. The summed E-state index contributed by atoms with van der Waals surface area (Å²) in [4.78, 5) is 14.6. The van der Waals surface area contributed by atoms with E-state index in [2.05, 4.69) is 4.84 Å². The van der Waals surface area contributed by atoms with E-state index in [1.165, 1.54) is 5.48 Å². The van der Waals surface area contributed by atoms with Crippen molar-refractivity contribution < 1.29 is 39.7 Å². The van der Waals surface area contributed by atoms with Crippen molar-refractivity contribution in [2.75, 3.05) is 34.3 Å². The molecule has 0 heterocycles. The summed E-state index contributed by atoms with van der Waals surface area (Å²) in [6, 6.07) is 0. The first kappa shape index (κ1) is 16.9. The van der Waals surface area contributed by atoms with Gasteiger partial charge in [-0.3, -0.25) is 9.63 Å². The molecular formula is C7H14ClF3N2O2. The molecule has 1 amide bonds. The zero-order chi connectivity index (χ0) is 11.4. The monoisotopic (exact) mass is 250 g/mol. The molecule has 0 aliphatic heterocycles. The van der Waals surface area contributed by atoms with Crippen molar-refractivity contribution in [3.8, 4) is 0 Å². The highest BCUT2D eigenvalue weighted by Crippen LogP contribution is 2.13. The Morgan fingerprint density at radius 1 is 1.33 bits per heavy atom. The van der Waals surface area contributed by atoms with Gasteiger partial charge in [0.2, 0.25) is 0 Å². The minimum Gasteiger partial charge on any atom is -1.00 e. The van der Waals surface area contributed by atoms with E-state index in [1.54, 1.807) is 0 Å². The van der Waals surface area contributed by atoms with Gasteiger partial charge < -0.3 is 16.9 Å². The first-order valence-corrected chi connectivity index (χ1v) is 3.92. The molecule has 0 fully saturated rings. The van der Waals surface area contributed by atoms with Crippen LogP contribution in [0.1, 0.15) is 0 Å². The van der Waals surface area contributed by atoms with Crippen molar-refractivity contribution >= 4 is 5.91 Å². The molecule has 0 rings (SSSR count). The van der Waals surface area contributed by atoms with E-state index in [9.17, 15) is 18.0 Å². The van der Waals surface area contributed by atoms with Gasteiger partial charge in [0.15, 0.2) is 0 Å². The van der Waals surface area contributed by atoms with E-state index >= 15 is 0 Å². The molecule has 15 heavy (non-hydrogen) atoms. The first-order valence-electron chi connectivity index (χ1n) is 3.92. The normalized spacial score (nSPS) is 11.9. The molecule has 0 saturated carbocycles. The highest BCUT2D eigenvalue weighted by molar-refractivity contribution is 5.80. The predicted molar refractivity (Wildman–Crippen MR) is 43.0 cm³/mol. The number of carbonyl (C=O) groups excluding carboxylic acids is 1. The number of nitrogens with one attached hydrogen (secondary N) is 1. The molecule has 0 atom stereocenters. The fourth-order valence-electron chi connectivity index (χ4n) is 0.494. The second-order valence-corrected chi connectivity index (χ2v) is 3.79. The zero-order valence-corrected chi connectivity index (χ0v) is 9.45. The molecule has 4 nitrogen and oxygen atoms in total. The van der Waals surface area contributed by atoms with Crippen LogP contribution in [-0.4, -0.2) is 50.9 Å². The molecule has 0 unspecified atom stereocenters. The smallest absolute Gasteiger partial charge is 0.473 e. The molecule has 0 radical (unpaired) electrons. The molecule has 0 aromatic carbocycles. The average Bonchev–Trinajstić information content (AvgIpc) is 1.93. The lowest BCUT2D eigenvalue weighted by atomic mass is 10.5. The van der Waals surface area contributed by atoms with Gasteiger partial charge in [0.1, 0.15) is 13.2 Å². The maximum atomic E-state index is 11.6. The first-order chi connectivity index (χ1) is 6.13. The SMILES string of the molecule is C[N+](C)(C)CCONC(=O)C(F)(F)F.[Cl-]. The Morgan fingerprint density at radius 2 is 1.80 bits per heavy atom. The highest BCUT2D eigenvalue weighted by atomic mass is 35.5.